The average molecular weight is 227 g/mol. The van der Waals surface area contributed by atoms with Crippen LogP contribution in [0, 0.1) is 0 Å². The molecule has 2 aromatic rings. The Morgan fingerprint density at radius 1 is 0.882 bits per heavy atom. The van der Waals surface area contributed by atoms with E-state index in [0.717, 1.165) is 11.3 Å². The summed E-state index contributed by atoms with van der Waals surface area (Å²) in [6.45, 7) is 1.98. The highest BCUT2D eigenvalue weighted by Gasteiger charge is 2.15. The van der Waals surface area contributed by atoms with E-state index in [1.54, 1.807) is 0 Å². The van der Waals surface area contributed by atoms with Crippen LogP contribution in [0.2, 0.25) is 0 Å². The fourth-order valence-corrected chi connectivity index (χ4v) is 1.82. The zero-order valence-corrected chi connectivity index (χ0v) is 9.88. The van der Waals surface area contributed by atoms with Crippen LogP contribution >= 0.6 is 0 Å². The molecule has 0 radical (unpaired) electrons. The number of para-hydroxylation sites is 1. The highest BCUT2D eigenvalue weighted by atomic mass is 16.3. The van der Waals surface area contributed by atoms with E-state index in [-0.39, 0.29) is 6.04 Å². The summed E-state index contributed by atoms with van der Waals surface area (Å²) in [7, 11) is 0. The SMILES string of the molecule is C[C@@H](Nc1ccccc1)[C@@H](O)c1ccccc1. The normalized spacial score (nSPS) is 14.0. The molecule has 2 atom stereocenters. The Morgan fingerprint density at radius 2 is 1.41 bits per heavy atom. The van der Waals surface area contributed by atoms with E-state index >= 15 is 0 Å². The maximum atomic E-state index is 10.2. The van der Waals surface area contributed by atoms with Crippen molar-refractivity contribution in [2.75, 3.05) is 5.32 Å². The first-order valence-electron chi connectivity index (χ1n) is 5.82. The summed E-state index contributed by atoms with van der Waals surface area (Å²) >= 11 is 0. The highest BCUT2D eigenvalue weighted by molar-refractivity contribution is 5.43. The molecular formula is C15H17NO. The van der Waals surface area contributed by atoms with Gasteiger partial charge in [-0.25, -0.2) is 0 Å². The lowest BCUT2D eigenvalue weighted by atomic mass is 10.0. The Labute approximate surface area is 102 Å². The molecule has 0 aliphatic heterocycles. The van der Waals surface area contributed by atoms with Crippen LogP contribution in [0.25, 0.3) is 0 Å². The lowest BCUT2D eigenvalue weighted by Gasteiger charge is -2.21. The number of nitrogens with one attached hydrogen (secondary N) is 1. The molecule has 0 aromatic heterocycles. The highest BCUT2D eigenvalue weighted by Crippen LogP contribution is 2.19. The molecule has 0 fully saturated rings. The summed E-state index contributed by atoms with van der Waals surface area (Å²) in [6, 6.07) is 19.6. The maximum absolute atomic E-state index is 10.2. The van der Waals surface area contributed by atoms with Crippen LogP contribution in [-0.4, -0.2) is 11.1 Å². The molecule has 0 unspecified atom stereocenters. The van der Waals surface area contributed by atoms with Gasteiger partial charge in [0.2, 0.25) is 0 Å². The topological polar surface area (TPSA) is 32.3 Å². The average Bonchev–Trinajstić information content (AvgIpc) is 2.40. The first-order chi connectivity index (χ1) is 8.27. The van der Waals surface area contributed by atoms with Gasteiger partial charge in [-0.3, -0.25) is 0 Å². The third-order valence-electron chi connectivity index (χ3n) is 2.78. The number of aliphatic hydroxyl groups is 1. The third kappa shape index (κ3) is 3.08. The van der Waals surface area contributed by atoms with Crippen molar-refractivity contribution >= 4 is 5.69 Å². The summed E-state index contributed by atoms with van der Waals surface area (Å²) in [5.74, 6) is 0. The van der Waals surface area contributed by atoms with Gasteiger partial charge >= 0.3 is 0 Å². The number of rotatable bonds is 4. The quantitative estimate of drug-likeness (QED) is 0.840. The molecule has 2 heteroatoms. The number of anilines is 1. The van der Waals surface area contributed by atoms with Crippen molar-refractivity contribution in [2.45, 2.75) is 19.1 Å². The van der Waals surface area contributed by atoms with Crippen molar-refractivity contribution in [1.29, 1.82) is 0 Å². The number of hydrogen-bond acceptors (Lipinski definition) is 2. The molecular weight excluding hydrogens is 210 g/mol. The number of aliphatic hydroxyl groups excluding tert-OH is 1. The van der Waals surface area contributed by atoms with Gasteiger partial charge in [0.05, 0.1) is 12.1 Å². The van der Waals surface area contributed by atoms with Crippen LogP contribution in [-0.2, 0) is 0 Å². The van der Waals surface area contributed by atoms with Crippen LogP contribution < -0.4 is 5.32 Å². The van der Waals surface area contributed by atoms with Gasteiger partial charge in [-0.15, -0.1) is 0 Å². The molecule has 0 aliphatic rings. The predicted octanol–water partition coefficient (Wildman–Crippen LogP) is 3.22. The van der Waals surface area contributed by atoms with Crippen LogP contribution in [0.4, 0.5) is 5.69 Å². The van der Waals surface area contributed by atoms with Crippen molar-refractivity contribution in [3.63, 3.8) is 0 Å². The zero-order chi connectivity index (χ0) is 12.1. The van der Waals surface area contributed by atoms with E-state index in [9.17, 15) is 5.11 Å². The second-order valence-corrected chi connectivity index (χ2v) is 4.15. The molecule has 2 nitrogen and oxygen atoms in total. The summed E-state index contributed by atoms with van der Waals surface area (Å²) in [5.41, 5.74) is 1.96. The number of benzene rings is 2. The second-order valence-electron chi connectivity index (χ2n) is 4.15. The van der Waals surface area contributed by atoms with Gasteiger partial charge < -0.3 is 10.4 Å². The van der Waals surface area contributed by atoms with Gasteiger partial charge in [0.1, 0.15) is 0 Å². The van der Waals surface area contributed by atoms with Crippen molar-refractivity contribution in [3.8, 4) is 0 Å². The van der Waals surface area contributed by atoms with Gasteiger partial charge in [0, 0.05) is 5.69 Å². The van der Waals surface area contributed by atoms with Crippen molar-refractivity contribution in [3.05, 3.63) is 66.2 Å². The summed E-state index contributed by atoms with van der Waals surface area (Å²) in [5, 5.41) is 13.5. The van der Waals surface area contributed by atoms with E-state index in [1.807, 2.05) is 67.6 Å². The van der Waals surface area contributed by atoms with Gasteiger partial charge in [-0.1, -0.05) is 48.5 Å². The zero-order valence-electron chi connectivity index (χ0n) is 9.88. The molecule has 2 N–H and O–H groups in total. The molecule has 0 amide bonds. The molecule has 0 aliphatic carbocycles. The molecule has 17 heavy (non-hydrogen) atoms. The maximum Gasteiger partial charge on any atom is 0.0988 e. The fraction of sp³-hybridized carbons (Fsp3) is 0.200. The summed E-state index contributed by atoms with van der Waals surface area (Å²) < 4.78 is 0. The second kappa shape index (κ2) is 5.51. The Morgan fingerprint density at radius 3 is 2.00 bits per heavy atom. The minimum absolute atomic E-state index is 0.0280. The van der Waals surface area contributed by atoms with E-state index in [2.05, 4.69) is 5.32 Å². The van der Waals surface area contributed by atoms with Gasteiger partial charge in [0.25, 0.3) is 0 Å². The van der Waals surface area contributed by atoms with Crippen LogP contribution in [0.5, 0.6) is 0 Å². The minimum atomic E-state index is -0.503. The Balaban J connectivity index is 2.03. The van der Waals surface area contributed by atoms with Crippen LogP contribution in [0.3, 0.4) is 0 Å². The van der Waals surface area contributed by atoms with Gasteiger partial charge in [0.15, 0.2) is 0 Å². The molecule has 0 bridgehead atoms. The standard InChI is InChI=1S/C15H17NO/c1-12(16-14-10-6-3-7-11-14)15(17)13-8-4-2-5-9-13/h2-12,15-17H,1H3/t12-,15-/m1/s1. The van der Waals surface area contributed by atoms with E-state index in [0.29, 0.717) is 0 Å². The molecule has 0 saturated heterocycles. The number of hydrogen-bond donors (Lipinski definition) is 2. The van der Waals surface area contributed by atoms with Crippen LogP contribution in [0.15, 0.2) is 60.7 Å². The molecule has 0 spiro atoms. The van der Waals surface area contributed by atoms with Gasteiger partial charge in [-0.05, 0) is 24.6 Å². The smallest absolute Gasteiger partial charge is 0.0988 e. The van der Waals surface area contributed by atoms with Crippen LogP contribution in [0.1, 0.15) is 18.6 Å². The van der Waals surface area contributed by atoms with E-state index < -0.39 is 6.10 Å². The van der Waals surface area contributed by atoms with E-state index in [4.69, 9.17) is 0 Å². The predicted molar refractivity (Wildman–Crippen MR) is 70.9 cm³/mol. The molecule has 88 valence electrons. The summed E-state index contributed by atoms with van der Waals surface area (Å²) in [4.78, 5) is 0. The van der Waals surface area contributed by atoms with Crippen molar-refractivity contribution in [1.82, 2.24) is 0 Å². The molecule has 2 aromatic carbocycles. The first-order valence-corrected chi connectivity index (χ1v) is 5.82. The molecule has 0 saturated carbocycles. The monoisotopic (exact) mass is 227 g/mol. The summed E-state index contributed by atoms with van der Waals surface area (Å²) in [6.07, 6.45) is -0.503. The van der Waals surface area contributed by atoms with Crippen molar-refractivity contribution < 1.29 is 5.11 Å². The van der Waals surface area contributed by atoms with E-state index in [1.165, 1.54) is 0 Å². The third-order valence-corrected chi connectivity index (χ3v) is 2.78. The van der Waals surface area contributed by atoms with Gasteiger partial charge in [-0.2, -0.15) is 0 Å². The lowest BCUT2D eigenvalue weighted by molar-refractivity contribution is 0.161. The fourth-order valence-electron chi connectivity index (χ4n) is 1.82. The lowest BCUT2D eigenvalue weighted by Crippen LogP contribution is -2.23. The Bertz CT molecular complexity index is 441. The Hall–Kier alpha value is -1.80. The molecule has 2 rings (SSSR count). The van der Waals surface area contributed by atoms with Crippen molar-refractivity contribution in [2.24, 2.45) is 0 Å². The minimum Gasteiger partial charge on any atom is -0.386 e. The Kier molecular flexibility index (Phi) is 3.78. The first kappa shape index (κ1) is 11.7. The molecule has 0 heterocycles. The largest absolute Gasteiger partial charge is 0.386 e.